The van der Waals surface area contributed by atoms with E-state index in [0.717, 1.165) is 32.5 Å². The number of allylic oxidation sites excluding steroid dienone is 3. The Kier molecular flexibility index (Phi) is 6.96. The fraction of sp³-hybridized carbons (Fsp3) is 0.706. The Morgan fingerprint density at radius 2 is 2.14 bits per heavy atom. The molecular formula is C17H30N2O2. The SMILES string of the molecule is CC/C=C\C=C(/C)CN1CCC(NC(=O)OC(C)(C)C)C1. The van der Waals surface area contributed by atoms with E-state index < -0.39 is 5.60 Å². The molecule has 1 rings (SSSR count). The van der Waals surface area contributed by atoms with Crippen molar-refractivity contribution in [3.05, 3.63) is 23.8 Å². The Bertz CT molecular complexity index is 394. The van der Waals surface area contributed by atoms with Gasteiger partial charge in [0.2, 0.25) is 0 Å². The molecule has 1 aliphatic rings. The Morgan fingerprint density at radius 3 is 2.76 bits per heavy atom. The van der Waals surface area contributed by atoms with E-state index in [4.69, 9.17) is 4.74 Å². The summed E-state index contributed by atoms with van der Waals surface area (Å²) in [7, 11) is 0. The van der Waals surface area contributed by atoms with Crippen LogP contribution in [0.25, 0.3) is 0 Å². The molecule has 120 valence electrons. The predicted octanol–water partition coefficient (Wildman–Crippen LogP) is 3.50. The summed E-state index contributed by atoms with van der Waals surface area (Å²) in [4.78, 5) is 14.1. The van der Waals surface area contributed by atoms with Gasteiger partial charge in [-0.05, 0) is 40.5 Å². The van der Waals surface area contributed by atoms with Crippen LogP contribution >= 0.6 is 0 Å². The van der Waals surface area contributed by atoms with Crippen molar-refractivity contribution in [2.24, 2.45) is 0 Å². The van der Waals surface area contributed by atoms with Gasteiger partial charge in [-0.1, -0.05) is 30.7 Å². The largest absolute Gasteiger partial charge is 0.444 e. The second-order valence-corrected chi connectivity index (χ2v) is 6.72. The highest BCUT2D eigenvalue weighted by Gasteiger charge is 2.25. The van der Waals surface area contributed by atoms with Crippen molar-refractivity contribution < 1.29 is 9.53 Å². The Morgan fingerprint density at radius 1 is 1.43 bits per heavy atom. The van der Waals surface area contributed by atoms with Gasteiger partial charge in [0.15, 0.2) is 0 Å². The van der Waals surface area contributed by atoms with Crippen LogP contribution < -0.4 is 5.32 Å². The standard InChI is InChI=1S/C17H30N2O2/c1-6-7-8-9-14(2)12-19-11-10-15(13-19)18-16(20)21-17(3,4)5/h7-9,15H,6,10-13H2,1-5H3,(H,18,20)/b8-7-,14-9+. The zero-order chi connectivity index (χ0) is 15.9. The van der Waals surface area contributed by atoms with Crippen LogP contribution in [0.4, 0.5) is 4.79 Å². The minimum atomic E-state index is -0.437. The van der Waals surface area contributed by atoms with E-state index in [9.17, 15) is 4.79 Å². The molecule has 1 fully saturated rings. The van der Waals surface area contributed by atoms with Gasteiger partial charge in [-0.3, -0.25) is 4.90 Å². The monoisotopic (exact) mass is 294 g/mol. The lowest BCUT2D eigenvalue weighted by Gasteiger charge is -2.22. The van der Waals surface area contributed by atoms with Gasteiger partial charge in [0, 0.05) is 25.7 Å². The van der Waals surface area contributed by atoms with Crippen molar-refractivity contribution >= 4 is 6.09 Å². The zero-order valence-corrected chi connectivity index (χ0v) is 14.1. The van der Waals surface area contributed by atoms with E-state index >= 15 is 0 Å². The maximum absolute atomic E-state index is 11.7. The molecule has 0 saturated carbocycles. The van der Waals surface area contributed by atoms with Crippen LogP contribution in [0.2, 0.25) is 0 Å². The quantitative estimate of drug-likeness (QED) is 0.789. The minimum Gasteiger partial charge on any atom is -0.444 e. The van der Waals surface area contributed by atoms with E-state index in [2.05, 4.69) is 42.3 Å². The summed E-state index contributed by atoms with van der Waals surface area (Å²) in [5.74, 6) is 0. The van der Waals surface area contributed by atoms with Crippen LogP contribution in [0.1, 0.15) is 47.5 Å². The van der Waals surface area contributed by atoms with Crippen LogP contribution in [-0.2, 0) is 4.74 Å². The van der Waals surface area contributed by atoms with Gasteiger partial charge >= 0.3 is 6.09 Å². The first kappa shape index (κ1) is 17.8. The molecule has 1 amide bonds. The van der Waals surface area contributed by atoms with Crippen LogP contribution in [0, 0.1) is 0 Å². The van der Waals surface area contributed by atoms with Crippen LogP contribution in [0.5, 0.6) is 0 Å². The van der Waals surface area contributed by atoms with Crippen LogP contribution in [0.15, 0.2) is 23.8 Å². The van der Waals surface area contributed by atoms with Crippen molar-refractivity contribution in [1.82, 2.24) is 10.2 Å². The molecule has 21 heavy (non-hydrogen) atoms. The van der Waals surface area contributed by atoms with Gasteiger partial charge in [-0.25, -0.2) is 4.79 Å². The molecule has 4 heteroatoms. The lowest BCUT2D eigenvalue weighted by atomic mass is 10.2. The molecule has 1 saturated heterocycles. The average molecular weight is 294 g/mol. The normalized spacial score (nSPS) is 21.0. The van der Waals surface area contributed by atoms with Crippen LogP contribution in [-0.4, -0.2) is 42.3 Å². The second-order valence-electron chi connectivity index (χ2n) is 6.72. The molecule has 1 atom stereocenters. The molecule has 1 heterocycles. The highest BCUT2D eigenvalue weighted by Crippen LogP contribution is 2.13. The molecule has 0 bridgehead atoms. The van der Waals surface area contributed by atoms with Gasteiger partial charge in [-0.15, -0.1) is 0 Å². The van der Waals surface area contributed by atoms with E-state index in [1.165, 1.54) is 5.57 Å². The summed E-state index contributed by atoms with van der Waals surface area (Å²) in [5.41, 5.74) is 0.908. The number of hydrogen-bond donors (Lipinski definition) is 1. The fourth-order valence-electron chi connectivity index (χ4n) is 2.34. The molecule has 0 aliphatic carbocycles. The van der Waals surface area contributed by atoms with E-state index in [1.54, 1.807) is 0 Å². The number of hydrogen-bond acceptors (Lipinski definition) is 3. The Hall–Kier alpha value is -1.29. The first-order chi connectivity index (χ1) is 9.80. The fourth-order valence-corrected chi connectivity index (χ4v) is 2.34. The van der Waals surface area contributed by atoms with E-state index in [-0.39, 0.29) is 12.1 Å². The van der Waals surface area contributed by atoms with Crippen molar-refractivity contribution in [2.75, 3.05) is 19.6 Å². The topological polar surface area (TPSA) is 41.6 Å². The highest BCUT2D eigenvalue weighted by atomic mass is 16.6. The lowest BCUT2D eigenvalue weighted by molar-refractivity contribution is 0.0506. The third-order valence-corrected chi connectivity index (χ3v) is 3.22. The summed E-state index contributed by atoms with van der Waals surface area (Å²) in [6, 6.07) is 0.193. The number of carbonyl (C=O) groups is 1. The van der Waals surface area contributed by atoms with Gasteiger partial charge < -0.3 is 10.1 Å². The van der Waals surface area contributed by atoms with Gasteiger partial charge in [0.05, 0.1) is 0 Å². The average Bonchev–Trinajstić information content (AvgIpc) is 2.74. The molecule has 0 aromatic rings. The van der Waals surface area contributed by atoms with Crippen molar-refractivity contribution in [3.63, 3.8) is 0 Å². The zero-order valence-electron chi connectivity index (χ0n) is 14.1. The van der Waals surface area contributed by atoms with Gasteiger partial charge in [0.1, 0.15) is 5.60 Å². The summed E-state index contributed by atoms with van der Waals surface area (Å²) >= 11 is 0. The maximum atomic E-state index is 11.7. The second kappa shape index (κ2) is 8.23. The first-order valence-corrected chi connectivity index (χ1v) is 7.84. The van der Waals surface area contributed by atoms with E-state index in [0.29, 0.717) is 0 Å². The maximum Gasteiger partial charge on any atom is 0.407 e. The van der Waals surface area contributed by atoms with Crippen molar-refractivity contribution in [1.29, 1.82) is 0 Å². The van der Waals surface area contributed by atoms with Crippen molar-refractivity contribution in [3.8, 4) is 0 Å². The smallest absolute Gasteiger partial charge is 0.407 e. The number of alkyl carbamates (subject to hydrolysis) is 1. The predicted molar refractivity (Wildman–Crippen MR) is 87.4 cm³/mol. The van der Waals surface area contributed by atoms with E-state index in [1.807, 2.05) is 20.8 Å². The number of likely N-dealkylation sites (tertiary alicyclic amines) is 1. The molecule has 0 radical (unpaired) electrons. The number of nitrogens with one attached hydrogen (secondary N) is 1. The van der Waals surface area contributed by atoms with Gasteiger partial charge in [-0.2, -0.15) is 0 Å². The number of ether oxygens (including phenoxy) is 1. The third kappa shape index (κ3) is 7.90. The molecule has 0 aromatic carbocycles. The summed E-state index contributed by atoms with van der Waals surface area (Å²) in [5, 5.41) is 2.95. The minimum absolute atomic E-state index is 0.193. The summed E-state index contributed by atoms with van der Waals surface area (Å²) < 4.78 is 5.29. The Labute approximate surface area is 129 Å². The summed E-state index contributed by atoms with van der Waals surface area (Å²) in [6.07, 6.45) is 8.17. The molecule has 1 unspecified atom stereocenters. The summed E-state index contributed by atoms with van der Waals surface area (Å²) in [6.45, 7) is 12.8. The molecule has 0 aromatic heterocycles. The van der Waals surface area contributed by atoms with Crippen molar-refractivity contribution in [2.45, 2.75) is 59.1 Å². The molecular weight excluding hydrogens is 264 g/mol. The number of amides is 1. The molecule has 4 nitrogen and oxygen atoms in total. The molecule has 1 aliphatic heterocycles. The third-order valence-electron chi connectivity index (χ3n) is 3.22. The van der Waals surface area contributed by atoms with Gasteiger partial charge in [0.25, 0.3) is 0 Å². The number of nitrogens with zero attached hydrogens (tertiary/aromatic N) is 1. The van der Waals surface area contributed by atoms with Crippen LogP contribution in [0.3, 0.4) is 0 Å². The number of rotatable bonds is 5. The number of carbonyl (C=O) groups excluding carboxylic acids is 1. The first-order valence-electron chi connectivity index (χ1n) is 7.84. The molecule has 1 N–H and O–H groups in total. The lowest BCUT2D eigenvalue weighted by Crippen LogP contribution is -2.40. The molecule has 0 spiro atoms. The Balaban J connectivity index is 2.34. The highest BCUT2D eigenvalue weighted by molar-refractivity contribution is 5.68.